The zero-order valence-corrected chi connectivity index (χ0v) is 12.6. The van der Waals surface area contributed by atoms with Crippen molar-refractivity contribution in [3.8, 4) is 0 Å². The van der Waals surface area contributed by atoms with Crippen molar-refractivity contribution in [3.05, 3.63) is 35.9 Å². The summed E-state index contributed by atoms with van der Waals surface area (Å²) in [6.07, 6.45) is 2.10. The minimum absolute atomic E-state index is 0.0754. The molecule has 0 aliphatic carbocycles. The zero-order valence-electron chi connectivity index (χ0n) is 12.6. The van der Waals surface area contributed by atoms with Crippen LogP contribution in [0.3, 0.4) is 0 Å². The molecule has 0 saturated carbocycles. The molecule has 0 saturated heterocycles. The molecule has 1 aromatic carbocycles. The van der Waals surface area contributed by atoms with Crippen molar-refractivity contribution in [3.63, 3.8) is 0 Å². The van der Waals surface area contributed by atoms with E-state index in [0.717, 1.165) is 19.3 Å². The molecular weight excluding hydrogens is 254 g/mol. The smallest absolute Gasteiger partial charge is 0.407 e. The van der Waals surface area contributed by atoms with Gasteiger partial charge in [0.25, 0.3) is 0 Å². The highest BCUT2D eigenvalue weighted by atomic mass is 16.6. The predicted molar refractivity (Wildman–Crippen MR) is 79.6 cm³/mol. The molecule has 0 aliphatic heterocycles. The first-order valence-electron chi connectivity index (χ1n) is 7.05. The van der Waals surface area contributed by atoms with Gasteiger partial charge in [-0.05, 0) is 45.6 Å². The molecule has 1 atom stereocenters. The van der Waals surface area contributed by atoms with E-state index in [0.29, 0.717) is 0 Å². The molecule has 4 nitrogen and oxygen atoms in total. The fourth-order valence-electron chi connectivity index (χ4n) is 1.88. The minimum atomic E-state index is -0.520. The van der Waals surface area contributed by atoms with Crippen molar-refractivity contribution in [1.82, 2.24) is 5.32 Å². The number of alkyl carbamates (subject to hydrolysis) is 1. The lowest BCUT2D eigenvalue weighted by Gasteiger charge is -2.22. The molecule has 1 unspecified atom stereocenters. The van der Waals surface area contributed by atoms with E-state index in [1.807, 2.05) is 39.0 Å². The van der Waals surface area contributed by atoms with Crippen molar-refractivity contribution in [1.29, 1.82) is 0 Å². The highest BCUT2D eigenvalue weighted by Gasteiger charge is 2.18. The number of hydrogen-bond donors (Lipinski definition) is 2. The van der Waals surface area contributed by atoms with Crippen LogP contribution >= 0.6 is 0 Å². The molecule has 0 aromatic heterocycles. The summed E-state index contributed by atoms with van der Waals surface area (Å²) in [5, 5.41) is 12.0. The number of benzene rings is 1. The van der Waals surface area contributed by atoms with Crippen LogP contribution in [0.4, 0.5) is 4.79 Å². The van der Waals surface area contributed by atoms with Gasteiger partial charge < -0.3 is 15.2 Å². The van der Waals surface area contributed by atoms with Gasteiger partial charge in [0.1, 0.15) is 5.60 Å². The van der Waals surface area contributed by atoms with Gasteiger partial charge in [-0.25, -0.2) is 4.79 Å². The number of nitrogens with one attached hydrogen (secondary N) is 1. The number of aliphatic hydroxyl groups excluding tert-OH is 1. The molecule has 0 bridgehead atoms. The highest BCUT2D eigenvalue weighted by molar-refractivity contribution is 5.68. The van der Waals surface area contributed by atoms with Gasteiger partial charge in [0, 0.05) is 0 Å². The maximum absolute atomic E-state index is 11.6. The van der Waals surface area contributed by atoms with Crippen molar-refractivity contribution >= 4 is 6.09 Å². The molecule has 0 spiro atoms. The Bertz CT molecular complexity index is 398. The van der Waals surface area contributed by atoms with E-state index in [1.54, 1.807) is 0 Å². The maximum Gasteiger partial charge on any atom is 0.407 e. The Balaban J connectivity index is 2.31. The predicted octanol–water partition coefficient (Wildman–Crippen LogP) is 2.89. The SMILES string of the molecule is CC(C)(C)OC(=O)NC(CO)CCCc1ccccc1. The Morgan fingerprint density at radius 2 is 1.95 bits per heavy atom. The van der Waals surface area contributed by atoms with Gasteiger partial charge in [0.15, 0.2) is 0 Å². The standard InChI is InChI=1S/C16H25NO3/c1-16(2,3)20-15(19)17-14(12-18)11-7-10-13-8-5-4-6-9-13/h4-6,8-9,14,18H,7,10-12H2,1-3H3,(H,17,19). The second-order valence-corrected chi connectivity index (χ2v) is 5.90. The quantitative estimate of drug-likeness (QED) is 0.841. The summed E-state index contributed by atoms with van der Waals surface area (Å²) in [7, 11) is 0. The van der Waals surface area contributed by atoms with Gasteiger partial charge in [-0.1, -0.05) is 30.3 Å². The minimum Gasteiger partial charge on any atom is -0.444 e. The first kappa shape index (κ1) is 16.5. The number of carbonyl (C=O) groups excluding carboxylic acids is 1. The van der Waals surface area contributed by atoms with Gasteiger partial charge >= 0.3 is 6.09 Å². The first-order valence-corrected chi connectivity index (χ1v) is 7.05. The Morgan fingerprint density at radius 1 is 1.30 bits per heavy atom. The number of aryl methyl sites for hydroxylation is 1. The lowest BCUT2D eigenvalue weighted by molar-refractivity contribution is 0.0478. The number of amides is 1. The van der Waals surface area contributed by atoms with E-state index in [9.17, 15) is 9.90 Å². The van der Waals surface area contributed by atoms with Crippen LogP contribution in [0.25, 0.3) is 0 Å². The van der Waals surface area contributed by atoms with Crippen LogP contribution < -0.4 is 5.32 Å². The van der Waals surface area contributed by atoms with Gasteiger partial charge in [-0.3, -0.25) is 0 Å². The molecule has 0 aliphatic rings. The summed E-state index contributed by atoms with van der Waals surface area (Å²) in [6.45, 7) is 5.37. The molecule has 1 aromatic rings. The van der Waals surface area contributed by atoms with Crippen LogP contribution in [-0.2, 0) is 11.2 Å². The second-order valence-electron chi connectivity index (χ2n) is 5.90. The van der Waals surface area contributed by atoms with Crippen molar-refractivity contribution in [2.24, 2.45) is 0 Å². The second kappa shape index (κ2) is 7.90. The monoisotopic (exact) mass is 279 g/mol. The van der Waals surface area contributed by atoms with Gasteiger partial charge in [-0.15, -0.1) is 0 Å². The van der Waals surface area contributed by atoms with Crippen LogP contribution in [-0.4, -0.2) is 29.4 Å². The molecule has 4 heteroatoms. The Morgan fingerprint density at radius 3 is 2.50 bits per heavy atom. The highest BCUT2D eigenvalue weighted by Crippen LogP contribution is 2.09. The molecule has 1 amide bonds. The molecule has 112 valence electrons. The molecule has 0 fully saturated rings. The van der Waals surface area contributed by atoms with E-state index in [4.69, 9.17) is 4.74 Å². The topological polar surface area (TPSA) is 58.6 Å². The Hall–Kier alpha value is -1.55. The number of hydrogen-bond acceptors (Lipinski definition) is 3. The van der Waals surface area contributed by atoms with E-state index in [1.165, 1.54) is 5.56 Å². The lowest BCUT2D eigenvalue weighted by Crippen LogP contribution is -2.41. The Labute approximate surface area is 121 Å². The molecular formula is C16H25NO3. The summed E-state index contributed by atoms with van der Waals surface area (Å²) in [5.41, 5.74) is 0.746. The van der Waals surface area contributed by atoms with Gasteiger partial charge in [0.2, 0.25) is 0 Å². The van der Waals surface area contributed by atoms with E-state index >= 15 is 0 Å². The van der Waals surface area contributed by atoms with Gasteiger partial charge in [0.05, 0.1) is 12.6 Å². The molecule has 0 heterocycles. The van der Waals surface area contributed by atoms with Crippen molar-refractivity contribution < 1.29 is 14.6 Å². The number of ether oxygens (including phenoxy) is 1. The number of rotatable bonds is 6. The fraction of sp³-hybridized carbons (Fsp3) is 0.562. The third kappa shape index (κ3) is 7.14. The molecule has 0 radical (unpaired) electrons. The third-order valence-electron chi connectivity index (χ3n) is 2.80. The van der Waals surface area contributed by atoms with Crippen LogP contribution in [0.15, 0.2) is 30.3 Å². The first-order chi connectivity index (χ1) is 9.40. The normalized spacial score (nSPS) is 12.8. The summed E-state index contributed by atoms with van der Waals surface area (Å²) < 4.78 is 5.17. The molecule has 1 rings (SSSR count). The summed E-state index contributed by atoms with van der Waals surface area (Å²) in [6, 6.07) is 9.91. The van der Waals surface area contributed by atoms with Crippen LogP contribution in [0, 0.1) is 0 Å². The van der Waals surface area contributed by atoms with E-state index < -0.39 is 11.7 Å². The molecule has 2 N–H and O–H groups in total. The fourth-order valence-corrected chi connectivity index (χ4v) is 1.88. The average molecular weight is 279 g/mol. The third-order valence-corrected chi connectivity index (χ3v) is 2.80. The van der Waals surface area contributed by atoms with Crippen LogP contribution in [0.2, 0.25) is 0 Å². The van der Waals surface area contributed by atoms with Crippen molar-refractivity contribution in [2.45, 2.75) is 51.7 Å². The summed E-state index contributed by atoms with van der Waals surface area (Å²) in [5.74, 6) is 0. The van der Waals surface area contributed by atoms with Crippen molar-refractivity contribution in [2.75, 3.05) is 6.61 Å². The number of aliphatic hydroxyl groups is 1. The van der Waals surface area contributed by atoms with Crippen LogP contribution in [0.1, 0.15) is 39.2 Å². The van der Waals surface area contributed by atoms with E-state index in [-0.39, 0.29) is 12.6 Å². The van der Waals surface area contributed by atoms with Gasteiger partial charge in [-0.2, -0.15) is 0 Å². The summed E-state index contributed by atoms with van der Waals surface area (Å²) in [4.78, 5) is 11.6. The largest absolute Gasteiger partial charge is 0.444 e. The van der Waals surface area contributed by atoms with E-state index in [2.05, 4.69) is 17.4 Å². The van der Waals surface area contributed by atoms with Crippen LogP contribution in [0.5, 0.6) is 0 Å². The summed E-state index contributed by atoms with van der Waals surface area (Å²) >= 11 is 0. The average Bonchev–Trinajstić information content (AvgIpc) is 2.36. The number of carbonyl (C=O) groups is 1. The maximum atomic E-state index is 11.6. The Kier molecular flexibility index (Phi) is 6.52. The molecule has 20 heavy (non-hydrogen) atoms. The zero-order chi connectivity index (χ0) is 15.0. The lowest BCUT2D eigenvalue weighted by atomic mass is 10.1.